The molecule has 0 aromatic heterocycles. The maximum Gasteiger partial charge on any atom is 0.238 e. The first-order valence-corrected chi connectivity index (χ1v) is 8.77. The molecule has 0 radical (unpaired) electrons. The third kappa shape index (κ3) is 4.71. The summed E-state index contributed by atoms with van der Waals surface area (Å²) < 4.78 is 23.1. The van der Waals surface area contributed by atoms with Crippen molar-refractivity contribution >= 4 is 27.1 Å². The Hall–Kier alpha value is -1.60. The van der Waals surface area contributed by atoms with Gasteiger partial charge in [0.15, 0.2) is 9.84 Å². The number of nitrogens with one attached hydrogen (secondary N) is 1. The van der Waals surface area contributed by atoms with Crippen LogP contribution in [-0.2, 0) is 14.6 Å². The third-order valence-electron chi connectivity index (χ3n) is 3.54. The van der Waals surface area contributed by atoms with Crippen LogP contribution in [0.2, 0.25) is 0 Å². The minimum atomic E-state index is -2.95. The van der Waals surface area contributed by atoms with Gasteiger partial charge in [-0.25, -0.2) is 8.42 Å². The summed E-state index contributed by atoms with van der Waals surface area (Å²) in [6.07, 6.45) is 0.580. The SMILES string of the molecule is Cc1cc(N)ccc1NC(=O)CN1CCCS(=O)(=O)CC1. The number of nitrogen functional groups attached to an aromatic ring is 1. The smallest absolute Gasteiger partial charge is 0.238 e. The molecule has 1 aliphatic heterocycles. The number of anilines is 2. The van der Waals surface area contributed by atoms with Crippen molar-refractivity contribution < 1.29 is 13.2 Å². The molecule has 2 rings (SSSR count). The van der Waals surface area contributed by atoms with Gasteiger partial charge in [-0.05, 0) is 43.7 Å². The van der Waals surface area contributed by atoms with Crippen LogP contribution in [0.15, 0.2) is 18.2 Å². The normalized spacial score (nSPS) is 18.9. The summed E-state index contributed by atoms with van der Waals surface area (Å²) >= 11 is 0. The van der Waals surface area contributed by atoms with Gasteiger partial charge in [-0.3, -0.25) is 9.69 Å². The van der Waals surface area contributed by atoms with Crippen molar-refractivity contribution in [3.05, 3.63) is 23.8 Å². The summed E-state index contributed by atoms with van der Waals surface area (Å²) in [5, 5.41) is 2.84. The molecule has 0 atom stereocenters. The van der Waals surface area contributed by atoms with E-state index in [0.29, 0.717) is 25.2 Å². The number of sulfone groups is 1. The molecule has 0 aliphatic carbocycles. The highest BCUT2D eigenvalue weighted by molar-refractivity contribution is 7.91. The molecular formula is C14H21N3O3S. The van der Waals surface area contributed by atoms with Gasteiger partial charge in [-0.15, -0.1) is 0 Å². The Balaban J connectivity index is 1.92. The molecule has 1 aromatic carbocycles. The minimum Gasteiger partial charge on any atom is -0.399 e. The zero-order valence-electron chi connectivity index (χ0n) is 12.1. The van der Waals surface area contributed by atoms with Crippen molar-refractivity contribution in [1.29, 1.82) is 0 Å². The number of hydrogen-bond acceptors (Lipinski definition) is 5. The van der Waals surface area contributed by atoms with Gasteiger partial charge in [0.2, 0.25) is 5.91 Å². The van der Waals surface area contributed by atoms with E-state index in [1.807, 2.05) is 11.8 Å². The number of amides is 1. The van der Waals surface area contributed by atoms with Crippen molar-refractivity contribution in [1.82, 2.24) is 4.90 Å². The van der Waals surface area contributed by atoms with Crippen molar-refractivity contribution in [3.8, 4) is 0 Å². The van der Waals surface area contributed by atoms with E-state index in [1.54, 1.807) is 18.2 Å². The Morgan fingerprint density at radius 2 is 2.10 bits per heavy atom. The predicted molar refractivity (Wildman–Crippen MR) is 83.9 cm³/mol. The Morgan fingerprint density at radius 3 is 2.81 bits per heavy atom. The van der Waals surface area contributed by atoms with Crippen LogP contribution in [0.25, 0.3) is 0 Å². The summed E-state index contributed by atoms with van der Waals surface area (Å²) in [6.45, 7) is 3.13. The molecular weight excluding hydrogens is 290 g/mol. The largest absolute Gasteiger partial charge is 0.399 e. The van der Waals surface area contributed by atoms with Crippen molar-refractivity contribution in [2.75, 3.05) is 42.2 Å². The maximum absolute atomic E-state index is 12.1. The lowest BCUT2D eigenvalue weighted by Crippen LogP contribution is -2.35. The van der Waals surface area contributed by atoms with Gasteiger partial charge in [0.05, 0.1) is 18.1 Å². The number of rotatable bonds is 3. The number of aryl methyl sites for hydroxylation is 1. The summed E-state index contributed by atoms with van der Waals surface area (Å²) in [7, 11) is -2.95. The molecule has 1 amide bonds. The zero-order valence-corrected chi connectivity index (χ0v) is 12.9. The number of nitrogens with two attached hydrogens (primary N) is 1. The van der Waals surface area contributed by atoms with Crippen molar-refractivity contribution in [2.45, 2.75) is 13.3 Å². The molecule has 1 heterocycles. The molecule has 7 heteroatoms. The summed E-state index contributed by atoms with van der Waals surface area (Å²) in [5.41, 5.74) is 7.97. The van der Waals surface area contributed by atoms with Gasteiger partial charge in [-0.2, -0.15) is 0 Å². The van der Waals surface area contributed by atoms with Gasteiger partial charge < -0.3 is 11.1 Å². The van der Waals surface area contributed by atoms with Crippen LogP contribution < -0.4 is 11.1 Å². The summed E-state index contributed by atoms with van der Waals surface area (Å²) in [4.78, 5) is 13.9. The van der Waals surface area contributed by atoms with Gasteiger partial charge in [0.1, 0.15) is 0 Å². The number of hydrogen-bond donors (Lipinski definition) is 2. The molecule has 6 nitrogen and oxygen atoms in total. The molecule has 1 fully saturated rings. The molecule has 1 aliphatic rings. The van der Waals surface area contributed by atoms with Gasteiger partial charge in [0, 0.05) is 17.9 Å². The standard InChI is InChI=1S/C14H21N3O3S/c1-11-9-12(15)3-4-13(11)16-14(18)10-17-5-2-7-21(19,20)8-6-17/h3-4,9H,2,5-8,10,15H2,1H3,(H,16,18). The van der Waals surface area contributed by atoms with Crippen LogP contribution in [0.3, 0.4) is 0 Å². The quantitative estimate of drug-likeness (QED) is 0.799. The second-order valence-corrected chi connectivity index (χ2v) is 7.71. The monoisotopic (exact) mass is 311 g/mol. The van der Waals surface area contributed by atoms with Crippen LogP contribution in [-0.4, -0.2) is 50.4 Å². The van der Waals surface area contributed by atoms with E-state index in [9.17, 15) is 13.2 Å². The van der Waals surface area contributed by atoms with Gasteiger partial charge in [-0.1, -0.05) is 0 Å². The van der Waals surface area contributed by atoms with E-state index < -0.39 is 9.84 Å². The van der Waals surface area contributed by atoms with E-state index >= 15 is 0 Å². The fourth-order valence-electron chi connectivity index (χ4n) is 2.37. The molecule has 0 bridgehead atoms. The second-order valence-electron chi connectivity index (χ2n) is 5.40. The minimum absolute atomic E-state index is 0.126. The second kappa shape index (κ2) is 6.44. The molecule has 116 valence electrons. The van der Waals surface area contributed by atoms with Crippen LogP contribution in [0.4, 0.5) is 11.4 Å². The van der Waals surface area contributed by atoms with Gasteiger partial charge in [0.25, 0.3) is 0 Å². The lowest BCUT2D eigenvalue weighted by Gasteiger charge is -2.19. The molecule has 3 N–H and O–H groups in total. The van der Waals surface area contributed by atoms with Crippen LogP contribution in [0, 0.1) is 6.92 Å². The molecule has 0 saturated carbocycles. The number of carbonyl (C=O) groups excluding carboxylic acids is 1. The summed E-state index contributed by atoms with van der Waals surface area (Å²) in [5.74, 6) is 0.200. The van der Waals surface area contributed by atoms with E-state index in [-0.39, 0.29) is 24.0 Å². The van der Waals surface area contributed by atoms with E-state index in [0.717, 1.165) is 11.3 Å². The zero-order chi connectivity index (χ0) is 15.5. The van der Waals surface area contributed by atoms with Crippen LogP contribution in [0.5, 0.6) is 0 Å². The van der Waals surface area contributed by atoms with E-state index in [2.05, 4.69) is 5.32 Å². The fraction of sp³-hybridized carbons (Fsp3) is 0.500. The maximum atomic E-state index is 12.1. The Kier molecular flexibility index (Phi) is 4.84. The van der Waals surface area contributed by atoms with Crippen LogP contribution in [0.1, 0.15) is 12.0 Å². The highest BCUT2D eigenvalue weighted by Crippen LogP contribution is 2.17. The first kappa shape index (κ1) is 15.8. The predicted octanol–water partition coefficient (Wildman–Crippen LogP) is 0.636. The molecule has 21 heavy (non-hydrogen) atoms. The lowest BCUT2D eigenvalue weighted by atomic mass is 10.2. The van der Waals surface area contributed by atoms with E-state index in [1.165, 1.54) is 0 Å². The van der Waals surface area contributed by atoms with Crippen LogP contribution >= 0.6 is 0 Å². The molecule has 1 aromatic rings. The number of carbonyl (C=O) groups is 1. The van der Waals surface area contributed by atoms with Crippen molar-refractivity contribution in [2.24, 2.45) is 0 Å². The molecule has 0 spiro atoms. The average molecular weight is 311 g/mol. The average Bonchev–Trinajstić information content (AvgIpc) is 2.54. The Labute approximate surface area is 125 Å². The van der Waals surface area contributed by atoms with Gasteiger partial charge >= 0.3 is 0 Å². The van der Waals surface area contributed by atoms with Crippen molar-refractivity contribution in [3.63, 3.8) is 0 Å². The Morgan fingerprint density at radius 1 is 1.33 bits per heavy atom. The highest BCUT2D eigenvalue weighted by Gasteiger charge is 2.20. The van der Waals surface area contributed by atoms with E-state index in [4.69, 9.17) is 5.73 Å². The Bertz CT molecular complexity index is 628. The summed E-state index contributed by atoms with van der Waals surface area (Å²) in [6, 6.07) is 5.31. The highest BCUT2D eigenvalue weighted by atomic mass is 32.2. The first-order valence-electron chi connectivity index (χ1n) is 6.94. The fourth-order valence-corrected chi connectivity index (χ4v) is 3.68. The molecule has 0 unspecified atom stereocenters. The number of nitrogens with zero attached hydrogens (tertiary/aromatic N) is 1. The third-order valence-corrected chi connectivity index (χ3v) is 5.26. The first-order chi connectivity index (χ1) is 9.85. The lowest BCUT2D eigenvalue weighted by molar-refractivity contribution is -0.117. The topological polar surface area (TPSA) is 92.5 Å². The molecule has 1 saturated heterocycles. The number of benzene rings is 1.